The van der Waals surface area contributed by atoms with Crippen LogP contribution in [0.25, 0.3) is 6.08 Å². The van der Waals surface area contributed by atoms with Gasteiger partial charge in [-0.05, 0) is 47.5 Å². The summed E-state index contributed by atoms with van der Waals surface area (Å²) in [5.41, 5.74) is 1.15. The Morgan fingerprint density at radius 1 is 1.12 bits per heavy atom. The normalized spacial score (nSPS) is 10.8. The summed E-state index contributed by atoms with van der Waals surface area (Å²) in [5, 5.41) is 23.7. The molecule has 0 saturated heterocycles. The SMILES string of the molecule is COc1cc(/C=C(\C#N)C(=O)Nc2cccc([N+](=O)[O-])c2)ccc1OCc1ccc(Cl)c(Cl)c1. The monoisotopic (exact) mass is 497 g/mol. The first-order valence-electron chi connectivity index (χ1n) is 9.73. The highest BCUT2D eigenvalue weighted by Crippen LogP contribution is 2.30. The number of anilines is 1. The van der Waals surface area contributed by atoms with Gasteiger partial charge < -0.3 is 14.8 Å². The number of halogens is 2. The third-order valence-corrected chi connectivity index (χ3v) is 5.30. The lowest BCUT2D eigenvalue weighted by molar-refractivity contribution is -0.384. The largest absolute Gasteiger partial charge is 0.493 e. The number of amides is 1. The molecule has 0 unspecified atom stereocenters. The molecule has 0 aliphatic heterocycles. The van der Waals surface area contributed by atoms with Gasteiger partial charge in [0.15, 0.2) is 11.5 Å². The molecule has 0 aliphatic carbocycles. The van der Waals surface area contributed by atoms with Gasteiger partial charge in [0.1, 0.15) is 18.2 Å². The maximum absolute atomic E-state index is 12.5. The van der Waals surface area contributed by atoms with E-state index in [-0.39, 0.29) is 23.6 Å². The van der Waals surface area contributed by atoms with E-state index in [2.05, 4.69) is 5.32 Å². The van der Waals surface area contributed by atoms with Crippen molar-refractivity contribution >= 4 is 46.6 Å². The minimum Gasteiger partial charge on any atom is -0.493 e. The van der Waals surface area contributed by atoms with Crippen molar-refractivity contribution in [2.24, 2.45) is 0 Å². The zero-order valence-electron chi connectivity index (χ0n) is 17.7. The molecule has 0 radical (unpaired) electrons. The average molecular weight is 498 g/mol. The van der Waals surface area contributed by atoms with Crippen LogP contribution in [0.5, 0.6) is 11.5 Å². The van der Waals surface area contributed by atoms with E-state index >= 15 is 0 Å². The van der Waals surface area contributed by atoms with Crippen LogP contribution in [0.4, 0.5) is 11.4 Å². The number of nitrogens with one attached hydrogen (secondary N) is 1. The van der Waals surface area contributed by atoms with Gasteiger partial charge in [0.25, 0.3) is 11.6 Å². The molecule has 172 valence electrons. The summed E-state index contributed by atoms with van der Waals surface area (Å²) in [4.78, 5) is 22.8. The van der Waals surface area contributed by atoms with Crippen molar-refractivity contribution < 1.29 is 19.2 Å². The minimum absolute atomic E-state index is 0.179. The molecule has 0 aromatic heterocycles. The van der Waals surface area contributed by atoms with Crippen molar-refractivity contribution in [2.75, 3.05) is 12.4 Å². The molecule has 10 heteroatoms. The van der Waals surface area contributed by atoms with Gasteiger partial charge in [-0.3, -0.25) is 14.9 Å². The van der Waals surface area contributed by atoms with Crippen LogP contribution in [0.3, 0.4) is 0 Å². The Hall–Kier alpha value is -4.06. The van der Waals surface area contributed by atoms with Crippen LogP contribution in [0.15, 0.2) is 66.2 Å². The number of carbonyl (C=O) groups is 1. The highest BCUT2D eigenvalue weighted by Gasteiger charge is 2.13. The quantitative estimate of drug-likeness (QED) is 0.175. The number of methoxy groups -OCH3 is 1. The Balaban J connectivity index is 1.76. The molecule has 0 fully saturated rings. The molecule has 3 rings (SSSR count). The lowest BCUT2D eigenvalue weighted by Gasteiger charge is -2.12. The second-order valence-corrected chi connectivity index (χ2v) is 7.69. The van der Waals surface area contributed by atoms with Crippen LogP contribution in [0.1, 0.15) is 11.1 Å². The standard InChI is InChI=1S/C24H17Cl2N3O5/c1-33-23-11-15(6-8-22(23)34-14-16-5-7-20(25)21(26)10-16)9-17(13-27)24(30)28-18-3-2-4-19(12-18)29(31)32/h2-12H,14H2,1H3,(H,28,30)/b17-9+. The van der Waals surface area contributed by atoms with Gasteiger partial charge in [0, 0.05) is 17.8 Å². The number of non-ortho nitro benzene ring substituents is 1. The molecule has 34 heavy (non-hydrogen) atoms. The van der Waals surface area contributed by atoms with Crippen molar-refractivity contribution in [1.82, 2.24) is 0 Å². The van der Waals surface area contributed by atoms with E-state index in [1.807, 2.05) is 6.07 Å². The second-order valence-electron chi connectivity index (χ2n) is 6.88. The van der Waals surface area contributed by atoms with Crippen LogP contribution < -0.4 is 14.8 Å². The van der Waals surface area contributed by atoms with E-state index in [1.165, 1.54) is 37.5 Å². The molecule has 0 aliphatic rings. The van der Waals surface area contributed by atoms with Gasteiger partial charge in [0.2, 0.25) is 0 Å². The van der Waals surface area contributed by atoms with Gasteiger partial charge >= 0.3 is 0 Å². The number of hydrogen-bond acceptors (Lipinski definition) is 6. The number of nitro benzene ring substituents is 1. The Labute approximate surface area is 205 Å². The summed E-state index contributed by atoms with van der Waals surface area (Å²) in [6, 6.07) is 17.4. The first-order valence-corrected chi connectivity index (χ1v) is 10.5. The third kappa shape index (κ3) is 6.25. The Bertz CT molecular complexity index is 1320. The fourth-order valence-corrected chi connectivity index (χ4v) is 3.22. The van der Waals surface area contributed by atoms with Gasteiger partial charge in [0.05, 0.1) is 22.1 Å². The number of nitriles is 1. The molecule has 0 saturated carbocycles. The fraction of sp³-hybridized carbons (Fsp3) is 0.0833. The number of benzene rings is 3. The summed E-state index contributed by atoms with van der Waals surface area (Å²) in [5.74, 6) is 0.136. The van der Waals surface area contributed by atoms with E-state index in [0.717, 1.165) is 5.56 Å². The summed E-state index contributed by atoms with van der Waals surface area (Å²) in [6.45, 7) is 0.220. The van der Waals surface area contributed by atoms with Gasteiger partial charge in [-0.25, -0.2) is 0 Å². The summed E-state index contributed by atoms with van der Waals surface area (Å²) < 4.78 is 11.2. The minimum atomic E-state index is -0.707. The third-order valence-electron chi connectivity index (χ3n) is 4.56. The van der Waals surface area contributed by atoms with Crippen molar-refractivity contribution in [3.63, 3.8) is 0 Å². The molecule has 0 heterocycles. The predicted octanol–water partition coefficient (Wildman–Crippen LogP) is 6.03. The molecule has 1 N–H and O–H groups in total. The lowest BCUT2D eigenvalue weighted by atomic mass is 10.1. The van der Waals surface area contributed by atoms with Crippen molar-refractivity contribution in [3.8, 4) is 17.6 Å². The molecular weight excluding hydrogens is 481 g/mol. The van der Waals surface area contributed by atoms with Crippen molar-refractivity contribution in [3.05, 3.63) is 97.5 Å². The zero-order chi connectivity index (χ0) is 24.7. The molecule has 0 atom stereocenters. The highest BCUT2D eigenvalue weighted by atomic mass is 35.5. The fourth-order valence-electron chi connectivity index (χ4n) is 2.89. The number of nitrogens with zero attached hydrogens (tertiary/aromatic N) is 2. The molecular formula is C24H17Cl2N3O5. The molecule has 0 spiro atoms. The second kappa shape index (κ2) is 11.2. The summed E-state index contributed by atoms with van der Waals surface area (Å²) in [6.07, 6.45) is 1.37. The lowest BCUT2D eigenvalue weighted by Crippen LogP contribution is -2.13. The Morgan fingerprint density at radius 3 is 2.59 bits per heavy atom. The molecule has 3 aromatic rings. The first-order chi connectivity index (χ1) is 16.3. The molecule has 8 nitrogen and oxygen atoms in total. The number of hydrogen-bond donors (Lipinski definition) is 1. The average Bonchev–Trinajstić information content (AvgIpc) is 2.83. The Morgan fingerprint density at radius 2 is 1.91 bits per heavy atom. The van der Waals surface area contributed by atoms with Crippen molar-refractivity contribution in [1.29, 1.82) is 5.26 Å². The smallest absolute Gasteiger partial charge is 0.271 e. The van der Waals surface area contributed by atoms with E-state index in [9.17, 15) is 20.2 Å². The predicted molar refractivity (Wildman–Crippen MR) is 129 cm³/mol. The molecule has 3 aromatic carbocycles. The highest BCUT2D eigenvalue weighted by molar-refractivity contribution is 6.42. The number of ether oxygens (including phenoxy) is 2. The van der Waals surface area contributed by atoms with Crippen LogP contribution >= 0.6 is 23.2 Å². The van der Waals surface area contributed by atoms with Gasteiger partial charge in [-0.1, -0.05) is 41.4 Å². The number of carbonyl (C=O) groups excluding carboxylic acids is 1. The van der Waals surface area contributed by atoms with Gasteiger partial charge in [-0.2, -0.15) is 5.26 Å². The van der Waals surface area contributed by atoms with E-state index in [1.54, 1.807) is 36.4 Å². The van der Waals surface area contributed by atoms with E-state index in [0.29, 0.717) is 27.1 Å². The van der Waals surface area contributed by atoms with E-state index < -0.39 is 10.8 Å². The Kier molecular flexibility index (Phi) is 8.09. The molecule has 1 amide bonds. The maximum Gasteiger partial charge on any atom is 0.271 e. The van der Waals surface area contributed by atoms with Crippen LogP contribution in [-0.4, -0.2) is 17.9 Å². The van der Waals surface area contributed by atoms with E-state index in [4.69, 9.17) is 32.7 Å². The summed E-state index contributed by atoms with van der Waals surface area (Å²) >= 11 is 12.0. The van der Waals surface area contributed by atoms with Crippen molar-refractivity contribution in [2.45, 2.75) is 6.61 Å². The number of rotatable bonds is 8. The first kappa shape index (κ1) is 24.6. The van der Waals surface area contributed by atoms with Gasteiger partial charge in [-0.15, -0.1) is 0 Å². The van der Waals surface area contributed by atoms with Crippen LogP contribution in [0, 0.1) is 21.4 Å². The molecule has 0 bridgehead atoms. The van der Waals surface area contributed by atoms with Crippen LogP contribution in [-0.2, 0) is 11.4 Å². The maximum atomic E-state index is 12.5. The zero-order valence-corrected chi connectivity index (χ0v) is 19.3. The number of nitro groups is 1. The summed E-state index contributed by atoms with van der Waals surface area (Å²) in [7, 11) is 1.47. The topological polar surface area (TPSA) is 114 Å². The van der Waals surface area contributed by atoms with Crippen LogP contribution in [0.2, 0.25) is 10.0 Å².